The number of pyridine rings is 1. The van der Waals surface area contributed by atoms with Crippen molar-refractivity contribution in [2.75, 3.05) is 30.0 Å². The van der Waals surface area contributed by atoms with E-state index in [1.807, 2.05) is 0 Å². The number of ether oxygens (including phenoxy) is 1. The maximum absolute atomic E-state index is 13.3. The van der Waals surface area contributed by atoms with Crippen molar-refractivity contribution in [2.24, 2.45) is 0 Å². The van der Waals surface area contributed by atoms with Gasteiger partial charge in [-0.1, -0.05) is 11.6 Å². The molecular weight excluding hydrogens is 385 g/mol. The molecule has 6 nitrogen and oxygen atoms in total. The number of morpholine rings is 1. The van der Waals surface area contributed by atoms with Crippen molar-refractivity contribution in [1.82, 2.24) is 4.98 Å². The van der Waals surface area contributed by atoms with Crippen molar-refractivity contribution in [3.63, 3.8) is 0 Å². The van der Waals surface area contributed by atoms with Gasteiger partial charge in [0.2, 0.25) is 0 Å². The fourth-order valence-electron chi connectivity index (χ4n) is 2.99. The van der Waals surface area contributed by atoms with Crippen molar-refractivity contribution in [2.45, 2.75) is 0 Å². The summed E-state index contributed by atoms with van der Waals surface area (Å²) in [6.45, 7) is 1.04. The molecule has 1 aromatic heterocycles. The average Bonchev–Trinajstić information content (AvgIpc) is 2.68. The minimum Gasteiger partial charge on any atom is -0.370 e. The summed E-state index contributed by atoms with van der Waals surface area (Å²) in [4.78, 5) is 30.2. The molecule has 28 heavy (non-hydrogen) atoms. The molecule has 1 N–H and O–H groups in total. The number of hydrogen-bond donors (Lipinski definition) is 1. The number of amides is 2. The van der Waals surface area contributed by atoms with Crippen LogP contribution in [0.2, 0.25) is 5.15 Å². The van der Waals surface area contributed by atoms with Crippen LogP contribution in [0.4, 0.5) is 15.8 Å². The number of aromatic nitrogens is 1. The highest BCUT2D eigenvalue weighted by molar-refractivity contribution is 6.33. The average molecular weight is 400 g/mol. The Bertz CT molecular complexity index is 1070. The molecule has 0 atom stereocenters. The third-order valence-corrected chi connectivity index (χ3v) is 4.69. The predicted octanol–water partition coefficient (Wildman–Crippen LogP) is 3.64. The summed E-state index contributed by atoms with van der Waals surface area (Å²) in [5, 5.41) is 3.35. The molecule has 0 bridgehead atoms. The van der Waals surface area contributed by atoms with Crippen molar-refractivity contribution >= 4 is 45.7 Å². The highest BCUT2D eigenvalue weighted by atomic mass is 35.5. The van der Waals surface area contributed by atoms with E-state index < -0.39 is 11.7 Å². The standard InChI is InChI=1S/C20H15ClFN3O3/c21-19-16(9-12-1-2-13(22)10-17(12)24-19)20(27)23-14-3-5-15(6-4-14)25-7-8-28-11-18(25)26/h1-6,9-10H,7-8,11H2,(H,23,27). The smallest absolute Gasteiger partial charge is 0.258 e. The molecule has 4 rings (SSSR count). The second-order valence-corrected chi connectivity index (χ2v) is 6.62. The van der Waals surface area contributed by atoms with Gasteiger partial charge >= 0.3 is 0 Å². The molecule has 2 heterocycles. The SMILES string of the molecule is O=C(Nc1ccc(N2CCOCC2=O)cc1)c1cc2ccc(F)cc2nc1Cl. The zero-order chi connectivity index (χ0) is 19.7. The summed E-state index contributed by atoms with van der Waals surface area (Å²) < 4.78 is 18.4. The van der Waals surface area contributed by atoms with Gasteiger partial charge in [0.05, 0.1) is 17.7 Å². The van der Waals surface area contributed by atoms with Crippen LogP contribution < -0.4 is 10.2 Å². The highest BCUT2D eigenvalue weighted by Crippen LogP contribution is 2.24. The van der Waals surface area contributed by atoms with Crippen LogP contribution in [0.15, 0.2) is 48.5 Å². The Balaban J connectivity index is 1.53. The minimum absolute atomic E-state index is 0.00821. The zero-order valence-electron chi connectivity index (χ0n) is 14.6. The molecule has 0 aliphatic carbocycles. The number of carbonyl (C=O) groups excluding carboxylic acids is 2. The lowest BCUT2D eigenvalue weighted by Gasteiger charge is -2.26. The molecule has 0 radical (unpaired) electrons. The van der Waals surface area contributed by atoms with E-state index >= 15 is 0 Å². The van der Waals surface area contributed by atoms with Gasteiger partial charge in [-0.3, -0.25) is 9.59 Å². The lowest BCUT2D eigenvalue weighted by Crippen LogP contribution is -2.41. The van der Waals surface area contributed by atoms with Crippen LogP contribution in [0.1, 0.15) is 10.4 Å². The van der Waals surface area contributed by atoms with Crippen molar-refractivity contribution in [3.05, 3.63) is 65.1 Å². The summed E-state index contributed by atoms with van der Waals surface area (Å²) in [5.41, 5.74) is 1.85. The number of carbonyl (C=O) groups is 2. The first-order valence-electron chi connectivity index (χ1n) is 8.56. The van der Waals surface area contributed by atoms with E-state index in [9.17, 15) is 14.0 Å². The molecule has 2 amide bonds. The van der Waals surface area contributed by atoms with Crippen LogP contribution in [0.5, 0.6) is 0 Å². The topological polar surface area (TPSA) is 71.5 Å². The second-order valence-electron chi connectivity index (χ2n) is 6.26. The quantitative estimate of drug-likeness (QED) is 0.682. The van der Waals surface area contributed by atoms with Crippen LogP contribution >= 0.6 is 11.6 Å². The third kappa shape index (κ3) is 3.67. The van der Waals surface area contributed by atoms with Gasteiger partial charge < -0.3 is 15.0 Å². The van der Waals surface area contributed by atoms with Gasteiger partial charge in [0.25, 0.3) is 11.8 Å². The van der Waals surface area contributed by atoms with E-state index in [0.717, 1.165) is 5.69 Å². The maximum atomic E-state index is 13.3. The molecule has 142 valence electrons. The van der Waals surface area contributed by atoms with Crippen molar-refractivity contribution < 1.29 is 18.7 Å². The molecular formula is C20H15ClFN3O3. The fraction of sp³-hybridized carbons (Fsp3) is 0.150. The number of nitrogens with zero attached hydrogens (tertiary/aromatic N) is 2. The first-order valence-corrected chi connectivity index (χ1v) is 8.94. The van der Waals surface area contributed by atoms with E-state index in [1.54, 1.807) is 41.3 Å². The second kappa shape index (κ2) is 7.53. The Labute approximate surface area is 164 Å². The van der Waals surface area contributed by atoms with Crippen LogP contribution in [-0.4, -0.2) is 36.6 Å². The zero-order valence-corrected chi connectivity index (χ0v) is 15.4. The number of fused-ring (bicyclic) bond motifs is 1. The largest absolute Gasteiger partial charge is 0.370 e. The Morgan fingerprint density at radius 1 is 1.18 bits per heavy atom. The number of anilines is 2. The van der Waals surface area contributed by atoms with Crippen LogP contribution in [0.25, 0.3) is 10.9 Å². The van der Waals surface area contributed by atoms with Gasteiger partial charge in [-0.2, -0.15) is 0 Å². The first-order chi connectivity index (χ1) is 13.5. The predicted molar refractivity (Wildman–Crippen MR) is 104 cm³/mol. The molecule has 2 aromatic carbocycles. The molecule has 1 aliphatic heterocycles. The van der Waals surface area contributed by atoms with Gasteiger partial charge in [0, 0.05) is 29.4 Å². The molecule has 8 heteroatoms. The van der Waals surface area contributed by atoms with Gasteiger partial charge in [0.15, 0.2) is 0 Å². The van der Waals surface area contributed by atoms with E-state index in [1.165, 1.54) is 12.1 Å². The van der Waals surface area contributed by atoms with Gasteiger partial charge in [0.1, 0.15) is 17.6 Å². The highest BCUT2D eigenvalue weighted by Gasteiger charge is 2.20. The number of halogens is 2. The fourth-order valence-corrected chi connectivity index (χ4v) is 3.22. The first kappa shape index (κ1) is 18.3. The molecule has 1 aliphatic rings. The molecule has 1 saturated heterocycles. The number of nitrogens with one attached hydrogen (secondary N) is 1. The van der Waals surface area contributed by atoms with E-state index in [-0.39, 0.29) is 23.2 Å². The Hall–Kier alpha value is -3.03. The Morgan fingerprint density at radius 2 is 1.96 bits per heavy atom. The van der Waals surface area contributed by atoms with Crippen LogP contribution in [0.3, 0.4) is 0 Å². The van der Waals surface area contributed by atoms with Crippen LogP contribution in [-0.2, 0) is 9.53 Å². The summed E-state index contributed by atoms with van der Waals surface area (Å²) in [5.74, 6) is -0.959. The summed E-state index contributed by atoms with van der Waals surface area (Å²) in [6.07, 6.45) is 0. The van der Waals surface area contributed by atoms with Crippen molar-refractivity contribution in [1.29, 1.82) is 0 Å². The lowest BCUT2D eigenvalue weighted by atomic mass is 10.1. The summed E-state index contributed by atoms with van der Waals surface area (Å²) >= 11 is 6.11. The number of benzene rings is 2. The lowest BCUT2D eigenvalue weighted by molar-refractivity contribution is -0.125. The van der Waals surface area contributed by atoms with Gasteiger partial charge in [-0.25, -0.2) is 9.37 Å². The maximum Gasteiger partial charge on any atom is 0.258 e. The van der Waals surface area contributed by atoms with E-state index in [4.69, 9.17) is 16.3 Å². The molecule has 1 fully saturated rings. The Kier molecular flexibility index (Phi) is 4.93. The number of rotatable bonds is 3. The molecule has 0 unspecified atom stereocenters. The Morgan fingerprint density at radius 3 is 2.71 bits per heavy atom. The van der Waals surface area contributed by atoms with Crippen LogP contribution in [0, 0.1) is 5.82 Å². The third-order valence-electron chi connectivity index (χ3n) is 4.40. The monoisotopic (exact) mass is 399 g/mol. The number of hydrogen-bond acceptors (Lipinski definition) is 4. The molecule has 0 spiro atoms. The molecule has 3 aromatic rings. The summed E-state index contributed by atoms with van der Waals surface area (Å²) in [6, 6.07) is 12.6. The van der Waals surface area contributed by atoms with E-state index in [2.05, 4.69) is 10.3 Å². The summed E-state index contributed by atoms with van der Waals surface area (Å²) in [7, 11) is 0. The van der Waals surface area contributed by atoms with Crippen molar-refractivity contribution in [3.8, 4) is 0 Å². The minimum atomic E-state index is -0.432. The van der Waals surface area contributed by atoms with Gasteiger partial charge in [-0.05, 0) is 42.5 Å². The normalized spacial score (nSPS) is 14.4. The van der Waals surface area contributed by atoms with E-state index in [0.29, 0.717) is 29.7 Å². The molecule has 0 saturated carbocycles. The van der Waals surface area contributed by atoms with Gasteiger partial charge in [-0.15, -0.1) is 0 Å².